The molecule has 2 amide bonds. The molecule has 7 heteroatoms. The van der Waals surface area contributed by atoms with Crippen LogP contribution in [0.1, 0.15) is 30.1 Å². The standard InChI is InChI=1S/C14H17ClN2O4/c1-14(5-2-6-21-8-14)17-13(20)16-9-3-4-11(15)10(7-9)12(18)19/h3-4,7H,2,5-6,8H2,1H3,(H,18,19)(H2,16,17,20). The topological polar surface area (TPSA) is 87.7 Å². The Morgan fingerprint density at radius 2 is 2.19 bits per heavy atom. The number of carbonyl (C=O) groups is 2. The van der Waals surface area contributed by atoms with Crippen LogP contribution in [0.15, 0.2) is 18.2 Å². The van der Waals surface area contributed by atoms with Gasteiger partial charge in [-0.05, 0) is 38.0 Å². The van der Waals surface area contributed by atoms with E-state index in [4.69, 9.17) is 21.4 Å². The van der Waals surface area contributed by atoms with Crippen LogP contribution in [0, 0.1) is 0 Å². The first-order valence-electron chi connectivity index (χ1n) is 6.59. The maximum atomic E-state index is 12.0. The van der Waals surface area contributed by atoms with Gasteiger partial charge in [0.15, 0.2) is 0 Å². The lowest BCUT2D eigenvalue weighted by Crippen LogP contribution is -2.52. The molecule has 0 spiro atoms. The molecule has 1 aromatic carbocycles. The van der Waals surface area contributed by atoms with Gasteiger partial charge in [0.05, 0.1) is 22.7 Å². The average Bonchev–Trinajstić information content (AvgIpc) is 2.40. The number of hydrogen-bond donors (Lipinski definition) is 3. The number of aromatic carboxylic acids is 1. The van der Waals surface area contributed by atoms with Crippen LogP contribution in [0.4, 0.5) is 10.5 Å². The first kappa shape index (κ1) is 15.6. The van der Waals surface area contributed by atoms with E-state index < -0.39 is 17.5 Å². The number of amides is 2. The first-order valence-corrected chi connectivity index (χ1v) is 6.97. The van der Waals surface area contributed by atoms with Gasteiger partial charge in [0.2, 0.25) is 0 Å². The number of hydrogen-bond acceptors (Lipinski definition) is 3. The van der Waals surface area contributed by atoms with Gasteiger partial charge in [0.25, 0.3) is 0 Å². The fraction of sp³-hybridized carbons (Fsp3) is 0.429. The van der Waals surface area contributed by atoms with Crippen molar-refractivity contribution in [3.8, 4) is 0 Å². The Bertz CT molecular complexity index is 556. The second kappa shape index (κ2) is 6.32. The summed E-state index contributed by atoms with van der Waals surface area (Å²) < 4.78 is 5.36. The Kier molecular flexibility index (Phi) is 4.69. The third-order valence-corrected chi connectivity index (χ3v) is 3.64. The van der Waals surface area contributed by atoms with Crippen molar-refractivity contribution in [3.05, 3.63) is 28.8 Å². The normalized spacial score (nSPS) is 21.6. The lowest BCUT2D eigenvalue weighted by molar-refractivity contribution is 0.0342. The van der Waals surface area contributed by atoms with Crippen LogP contribution in [-0.4, -0.2) is 35.9 Å². The fourth-order valence-electron chi connectivity index (χ4n) is 2.24. The average molecular weight is 313 g/mol. The number of nitrogens with one attached hydrogen (secondary N) is 2. The molecule has 1 atom stereocenters. The van der Waals surface area contributed by atoms with Gasteiger partial charge in [-0.3, -0.25) is 0 Å². The number of ether oxygens (including phenoxy) is 1. The maximum Gasteiger partial charge on any atom is 0.337 e. The van der Waals surface area contributed by atoms with Crippen LogP contribution in [-0.2, 0) is 4.74 Å². The second-order valence-electron chi connectivity index (χ2n) is 5.30. The van der Waals surface area contributed by atoms with Gasteiger partial charge in [0, 0.05) is 12.3 Å². The zero-order chi connectivity index (χ0) is 15.5. The van der Waals surface area contributed by atoms with Crippen LogP contribution in [0.25, 0.3) is 0 Å². The SMILES string of the molecule is CC1(NC(=O)Nc2ccc(Cl)c(C(=O)O)c2)CCCOC1. The molecule has 0 aliphatic carbocycles. The molecular formula is C14H17ClN2O4. The van der Waals surface area contributed by atoms with Crippen molar-refractivity contribution in [2.24, 2.45) is 0 Å². The van der Waals surface area contributed by atoms with Crippen LogP contribution >= 0.6 is 11.6 Å². The summed E-state index contributed by atoms with van der Waals surface area (Å²) in [4.78, 5) is 23.0. The molecule has 1 fully saturated rings. The van der Waals surface area contributed by atoms with Crippen LogP contribution in [0.5, 0.6) is 0 Å². The largest absolute Gasteiger partial charge is 0.478 e. The minimum atomic E-state index is -1.14. The van der Waals surface area contributed by atoms with E-state index in [-0.39, 0.29) is 10.6 Å². The van der Waals surface area contributed by atoms with Crippen LogP contribution in [0.3, 0.4) is 0 Å². The van der Waals surface area contributed by atoms with E-state index in [2.05, 4.69) is 10.6 Å². The summed E-state index contributed by atoms with van der Waals surface area (Å²) >= 11 is 5.78. The van der Waals surface area contributed by atoms with Crippen molar-refractivity contribution in [1.29, 1.82) is 0 Å². The van der Waals surface area contributed by atoms with E-state index in [1.54, 1.807) is 6.07 Å². The highest BCUT2D eigenvalue weighted by Gasteiger charge is 2.29. The molecule has 1 aliphatic rings. The summed E-state index contributed by atoms with van der Waals surface area (Å²) in [6.07, 6.45) is 1.72. The molecule has 21 heavy (non-hydrogen) atoms. The highest BCUT2D eigenvalue weighted by molar-refractivity contribution is 6.33. The molecular weight excluding hydrogens is 296 g/mol. The molecule has 0 bridgehead atoms. The molecule has 0 saturated carbocycles. The van der Waals surface area contributed by atoms with E-state index in [0.717, 1.165) is 12.8 Å². The number of benzene rings is 1. The van der Waals surface area contributed by atoms with Gasteiger partial charge in [-0.25, -0.2) is 9.59 Å². The summed E-state index contributed by atoms with van der Waals surface area (Å²) in [6, 6.07) is 3.91. The Morgan fingerprint density at radius 3 is 2.81 bits per heavy atom. The van der Waals surface area contributed by atoms with Crippen molar-refractivity contribution in [1.82, 2.24) is 5.32 Å². The third-order valence-electron chi connectivity index (χ3n) is 3.31. The smallest absolute Gasteiger partial charge is 0.337 e. The monoisotopic (exact) mass is 312 g/mol. The Hall–Kier alpha value is -1.79. The molecule has 1 saturated heterocycles. The number of carbonyl (C=O) groups excluding carboxylic acids is 1. The van der Waals surface area contributed by atoms with E-state index in [0.29, 0.717) is 18.9 Å². The summed E-state index contributed by atoms with van der Waals surface area (Å²) in [5, 5.41) is 14.6. The minimum absolute atomic E-state index is 0.0540. The molecule has 3 N–H and O–H groups in total. The maximum absolute atomic E-state index is 12.0. The van der Waals surface area contributed by atoms with Gasteiger partial charge in [0.1, 0.15) is 0 Å². The van der Waals surface area contributed by atoms with E-state index in [1.165, 1.54) is 12.1 Å². The van der Waals surface area contributed by atoms with Crippen molar-refractivity contribution in [2.45, 2.75) is 25.3 Å². The summed E-state index contributed by atoms with van der Waals surface area (Å²) in [5.74, 6) is -1.14. The van der Waals surface area contributed by atoms with E-state index >= 15 is 0 Å². The number of carboxylic acid groups (broad SMARTS) is 1. The predicted molar refractivity (Wildman–Crippen MR) is 79.0 cm³/mol. The van der Waals surface area contributed by atoms with Gasteiger partial charge in [-0.1, -0.05) is 11.6 Å². The number of halogens is 1. The zero-order valence-electron chi connectivity index (χ0n) is 11.6. The third kappa shape index (κ3) is 4.09. The van der Waals surface area contributed by atoms with Gasteiger partial charge >= 0.3 is 12.0 Å². The quantitative estimate of drug-likeness (QED) is 0.800. The van der Waals surface area contributed by atoms with E-state index in [1.807, 2.05) is 6.92 Å². The van der Waals surface area contributed by atoms with Gasteiger partial charge in [-0.15, -0.1) is 0 Å². The molecule has 1 heterocycles. The van der Waals surface area contributed by atoms with Gasteiger partial charge in [-0.2, -0.15) is 0 Å². The Morgan fingerprint density at radius 1 is 1.43 bits per heavy atom. The van der Waals surface area contributed by atoms with Crippen molar-refractivity contribution in [2.75, 3.05) is 18.5 Å². The lowest BCUT2D eigenvalue weighted by Gasteiger charge is -2.34. The first-order chi connectivity index (χ1) is 9.89. The summed E-state index contributed by atoms with van der Waals surface area (Å²) in [7, 11) is 0. The molecule has 6 nitrogen and oxygen atoms in total. The minimum Gasteiger partial charge on any atom is -0.478 e. The van der Waals surface area contributed by atoms with Crippen molar-refractivity contribution in [3.63, 3.8) is 0 Å². The van der Waals surface area contributed by atoms with Crippen LogP contribution in [0.2, 0.25) is 5.02 Å². The molecule has 2 rings (SSSR count). The number of rotatable bonds is 3. The van der Waals surface area contributed by atoms with Crippen molar-refractivity contribution >= 4 is 29.3 Å². The van der Waals surface area contributed by atoms with Crippen LogP contribution < -0.4 is 10.6 Å². The molecule has 0 aromatic heterocycles. The Labute approximate surface area is 127 Å². The number of anilines is 1. The zero-order valence-corrected chi connectivity index (χ0v) is 12.4. The second-order valence-corrected chi connectivity index (χ2v) is 5.70. The molecule has 114 valence electrons. The molecule has 1 aromatic rings. The van der Waals surface area contributed by atoms with E-state index in [9.17, 15) is 9.59 Å². The lowest BCUT2D eigenvalue weighted by atomic mass is 9.95. The highest BCUT2D eigenvalue weighted by atomic mass is 35.5. The number of carboxylic acids is 1. The predicted octanol–water partition coefficient (Wildman–Crippen LogP) is 2.73. The number of urea groups is 1. The van der Waals surface area contributed by atoms with Crippen molar-refractivity contribution < 1.29 is 19.4 Å². The molecule has 1 unspecified atom stereocenters. The molecule has 0 radical (unpaired) electrons. The Balaban J connectivity index is 2.02. The molecule has 1 aliphatic heterocycles. The summed E-state index contributed by atoms with van der Waals surface area (Å²) in [5.41, 5.74) is -0.0963. The summed E-state index contributed by atoms with van der Waals surface area (Å²) in [6.45, 7) is 3.08. The fourth-order valence-corrected chi connectivity index (χ4v) is 2.43. The highest BCUT2D eigenvalue weighted by Crippen LogP contribution is 2.21. The van der Waals surface area contributed by atoms with Gasteiger partial charge < -0.3 is 20.5 Å².